The van der Waals surface area contributed by atoms with Crippen molar-refractivity contribution in [3.05, 3.63) is 59.2 Å². The van der Waals surface area contributed by atoms with E-state index in [9.17, 15) is 9.59 Å². The largest absolute Gasteiger partial charge is 0.496 e. The van der Waals surface area contributed by atoms with Crippen molar-refractivity contribution >= 4 is 11.7 Å². The number of rotatable bonds is 8. The number of piperazine rings is 1. The SMILES string of the molecule is CCOc1ccc(CN2CCN(C(=O)Cc3cc(C(C)=O)ccc3OC)CC2)cc1. The van der Waals surface area contributed by atoms with E-state index in [1.807, 2.05) is 24.0 Å². The highest BCUT2D eigenvalue weighted by Crippen LogP contribution is 2.22. The fourth-order valence-electron chi connectivity index (χ4n) is 3.68. The molecule has 30 heavy (non-hydrogen) atoms. The fraction of sp³-hybridized carbons (Fsp3) is 0.417. The predicted octanol–water partition coefficient (Wildman–Crippen LogP) is 3.18. The predicted molar refractivity (Wildman–Crippen MR) is 116 cm³/mol. The highest BCUT2D eigenvalue weighted by Gasteiger charge is 2.22. The van der Waals surface area contributed by atoms with E-state index in [1.54, 1.807) is 25.3 Å². The van der Waals surface area contributed by atoms with E-state index in [0.717, 1.165) is 30.9 Å². The summed E-state index contributed by atoms with van der Waals surface area (Å²) >= 11 is 0. The first-order chi connectivity index (χ1) is 14.5. The monoisotopic (exact) mass is 410 g/mol. The first kappa shape index (κ1) is 21.8. The van der Waals surface area contributed by atoms with Crippen molar-refractivity contribution in [3.63, 3.8) is 0 Å². The van der Waals surface area contributed by atoms with Gasteiger partial charge in [-0.15, -0.1) is 0 Å². The fourth-order valence-corrected chi connectivity index (χ4v) is 3.68. The third-order valence-electron chi connectivity index (χ3n) is 5.39. The molecule has 0 unspecified atom stereocenters. The maximum Gasteiger partial charge on any atom is 0.227 e. The van der Waals surface area contributed by atoms with Crippen LogP contribution in [0.5, 0.6) is 11.5 Å². The topological polar surface area (TPSA) is 59.1 Å². The van der Waals surface area contributed by atoms with Crippen LogP contribution in [0.1, 0.15) is 35.3 Å². The molecule has 1 amide bonds. The molecule has 2 aromatic rings. The molecular formula is C24H30N2O4. The molecule has 0 saturated carbocycles. The second kappa shape index (κ2) is 10.3. The third-order valence-corrected chi connectivity index (χ3v) is 5.39. The van der Waals surface area contributed by atoms with E-state index in [-0.39, 0.29) is 18.1 Å². The lowest BCUT2D eigenvalue weighted by atomic mass is 10.0. The van der Waals surface area contributed by atoms with E-state index in [4.69, 9.17) is 9.47 Å². The Hall–Kier alpha value is -2.86. The Morgan fingerprint density at radius 2 is 1.70 bits per heavy atom. The van der Waals surface area contributed by atoms with Crippen LogP contribution >= 0.6 is 0 Å². The lowest BCUT2D eigenvalue weighted by Gasteiger charge is -2.35. The molecule has 1 fully saturated rings. The highest BCUT2D eigenvalue weighted by molar-refractivity contribution is 5.94. The van der Waals surface area contributed by atoms with Crippen molar-refractivity contribution in [3.8, 4) is 11.5 Å². The van der Waals surface area contributed by atoms with Gasteiger partial charge in [0.15, 0.2) is 5.78 Å². The lowest BCUT2D eigenvalue weighted by molar-refractivity contribution is -0.132. The van der Waals surface area contributed by atoms with Gasteiger partial charge in [-0.05, 0) is 49.7 Å². The van der Waals surface area contributed by atoms with Crippen LogP contribution in [0.25, 0.3) is 0 Å². The first-order valence-electron chi connectivity index (χ1n) is 10.4. The molecule has 6 heteroatoms. The summed E-state index contributed by atoms with van der Waals surface area (Å²) in [4.78, 5) is 28.8. The van der Waals surface area contributed by atoms with E-state index in [1.165, 1.54) is 12.5 Å². The molecule has 0 N–H and O–H groups in total. The Bertz CT molecular complexity index is 871. The maximum absolute atomic E-state index is 12.8. The normalized spacial score (nSPS) is 14.4. The van der Waals surface area contributed by atoms with Gasteiger partial charge in [-0.3, -0.25) is 14.5 Å². The summed E-state index contributed by atoms with van der Waals surface area (Å²) in [6.07, 6.45) is 0.239. The molecule has 2 aromatic carbocycles. The van der Waals surface area contributed by atoms with Crippen LogP contribution < -0.4 is 9.47 Å². The van der Waals surface area contributed by atoms with Gasteiger partial charge in [0.25, 0.3) is 0 Å². The lowest BCUT2D eigenvalue weighted by Crippen LogP contribution is -2.48. The van der Waals surface area contributed by atoms with Crippen LogP contribution in [0.2, 0.25) is 0 Å². The van der Waals surface area contributed by atoms with Gasteiger partial charge in [0.1, 0.15) is 11.5 Å². The van der Waals surface area contributed by atoms with Crippen LogP contribution in [-0.4, -0.2) is 61.4 Å². The number of ketones is 1. The summed E-state index contributed by atoms with van der Waals surface area (Å²) in [7, 11) is 1.58. The molecule has 0 radical (unpaired) electrons. The number of ether oxygens (including phenoxy) is 2. The summed E-state index contributed by atoms with van der Waals surface area (Å²) in [6.45, 7) is 8.10. The number of hydrogen-bond donors (Lipinski definition) is 0. The van der Waals surface area contributed by atoms with Crippen LogP contribution in [0, 0.1) is 0 Å². The number of carbonyl (C=O) groups is 2. The highest BCUT2D eigenvalue weighted by atomic mass is 16.5. The van der Waals surface area contributed by atoms with E-state index >= 15 is 0 Å². The van der Waals surface area contributed by atoms with Crippen molar-refractivity contribution in [2.45, 2.75) is 26.8 Å². The van der Waals surface area contributed by atoms with Crippen LogP contribution in [-0.2, 0) is 17.8 Å². The minimum absolute atomic E-state index is 0.0192. The van der Waals surface area contributed by atoms with Crippen molar-refractivity contribution in [2.24, 2.45) is 0 Å². The smallest absolute Gasteiger partial charge is 0.227 e. The van der Waals surface area contributed by atoms with Crippen molar-refractivity contribution in [1.29, 1.82) is 0 Å². The third kappa shape index (κ3) is 5.60. The average molecular weight is 411 g/mol. The summed E-state index contributed by atoms with van der Waals surface area (Å²) in [5, 5.41) is 0. The van der Waals surface area contributed by atoms with Crippen LogP contribution in [0.15, 0.2) is 42.5 Å². The van der Waals surface area contributed by atoms with Gasteiger partial charge < -0.3 is 14.4 Å². The molecule has 6 nitrogen and oxygen atoms in total. The van der Waals surface area contributed by atoms with Gasteiger partial charge in [-0.2, -0.15) is 0 Å². The van der Waals surface area contributed by atoms with Gasteiger partial charge in [-0.1, -0.05) is 12.1 Å². The Labute approximate surface area is 178 Å². The number of carbonyl (C=O) groups excluding carboxylic acids is 2. The van der Waals surface area contributed by atoms with Gasteiger partial charge in [0.2, 0.25) is 5.91 Å². The molecule has 3 rings (SSSR count). The van der Waals surface area contributed by atoms with Gasteiger partial charge in [-0.25, -0.2) is 0 Å². The summed E-state index contributed by atoms with van der Waals surface area (Å²) in [5.74, 6) is 1.58. The Morgan fingerprint density at radius 1 is 1.00 bits per heavy atom. The number of methoxy groups -OCH3 is 1. The standard InChI is InChI=1S/C24H30N2O4/c1-4-30-22-8-5-19(6-9-22)17-25-11-13-26(14-12-25)24(28)16-21-15-20(18(2)27)7-10-23(21)29-3/h5-10,15H,4,11-14,16-17H2,1-3H3. The number of Topliss-reactive ketones (excluding diaryl/α,β-unsaturated/α-hetero) is 1. The molecule has 0 aromatic heterocycles. The summed E-state index contributed by atoms with van der Waals surface area (Å²) in [6, 6.07) is 13.4. The van der Waals surface area contributed by atoms with Crippen molar-refractivity contribution in [2.75, 3.05) is 39.9 Å². The summed E-state index contributed by atoms with van der Waals surface area (Å²) in [5.41, 5.74) is 2.59. The number of amides is 1. The van der Waals surface area contributed by atoms with Crippen LogP contribution in [0.4, 0.5) is 0 Å². The van der Waals surface area contributed by atoms with E-state index in [0.29, 0.717) is 31.0 Å². The molecule has 1 aliphatic rings. The van der Waals surface area contributed by atoms with Crippen molar-refractivity contribution in [1.82, 2.24) is 9.80 Å². The maximum atomic E-state index is 12.8. The van der Waals surface area contributed by atoms with Crippen LogP contribution in [0.3, 0.4) is 0 Å². The second-order valence-corrected chi connectivity index (χ2v) is 7.49. The Kier molecular flexibility index (Phi) is 7.46. The van der Waals surface area contributed by atoms with E-state index < -0.39 is 0 Å². The zero-order valence-corrected chi connectivity index (χ0v) is 18.0. The molecule has 1 aliphatic heterocycles. The Balaban J connectivity index is 1.54. The van der Waals surface area contributed by atoms with Crippen molar-refractivity contribution < 1.29 is 19.1 Å². The molecule has 1 saturated heterocycles. The number of benzene rings is 2. The molecule has 0 spiro atoms. The van der Waals surface area contributed by atoms with Gasteiger partial charge in [0, 0.05) is 43.9 Å². The molecular weight excluding hydrogens is 380 g/mol. The molecule has 0 atom stereocenters. The van der Waals surface area contributed by atoms with E-state index in [2.05, 4.69) is 17.0 Å². The molecule has 160 valence electrons. The quantitative estimate of drug-likeness (QED) is 0.626. The zero-order valence-electron chi connectivity index (χ0n) is 18.0. The minimum atomic E-state index is -0.0192. The zero-order chi connectivity index (χ0) is 21.5. The van der Waals surface area contributed by atoms with Gasteiger partial charge >= 0.3 is 0 Å². The minimum Gasteiger partial charge on any atom is -0.496 e. The molecule has 0 bridgehead atoms. The number of nitrogens with zero attached hydrogens (tertiary/aromatic N) is 2. The first-order valence-corrected chi connectivity index (χ1v) is 10.4. The Morgan fingerprint density at radius 3 is 2.30 bits per heavy atom. The summed E-state index contributed by atoms with van der Waals surface area (Å²) < 4.78 is 10.9. The second-order valence-electron chi connectivity index (χ2n) is 7.49. The average Bonchev–Trinajstić information content (AvgIpc) is 2.75. The number of hydrogen-bond acceptors (Lipinski definition) is 5. The molecule has 1 heterocycles. The molecule has 0 aliphatic carbocycles. The van der Waals surface area contributed by atoms with Gasteiger partial charge in [0.05, 0.1) is 20.1 Å².